The van der Waals surface area contributed by atoms with E-state index >= 15 is 0 Å². The van der Waals surface area contributed by atoms with Crippen LogP contribution in [0.4, 0.5) is 7.99 Å². The molecule has 0 aliphatic heterocycles. The molecule has 0 saturated carbocycles. The average molecular weight is 563 g/mol. The molecule has 0 amide bonds. The normalized spacial score (nSPS) is 12.3. The molecule has 0 fully saturated rings. The van der Waals surface area contributed by atoms with Crippen molar-refractivity contribution in [3.63, 3.8) is 0 Å². The number of rotatable bonds is 4. The fraction of sp³-hybridized carbons (Fsp3) is 1.00. The summed E-state index contributed by atoms with van der Waals surface area (Å²) < 4.78 is 69.9. The van der Waals surface area contributed by atoms with Crippen LogP contribution in [-0.2, 0) is 20.2 Å². The Labute approximate surface area is 234 Å². The van der Waals surface area contributed by atoms with E-state index in [1.54, 1.807) is 19.6 Å². The third-order valence-corrected chi connectivity index (χ3v) is 9.99. The van der Waals surface area contributed by atoms with E-state index in [1.165, 1.54) is 0 Å². The fourth-order valence-electron chi connectivity index (χ4n) is 1.50. The molecule has 0 heterocycles. The van der Waals surface area contributed by atoms with Crippen molar-refractivity contribution in [2.24, 2.45) is 0 Å². The molecule has 0 radical (unpaired) electrons. The maximum absolute atomic E-state index is 11.8. The Kier molecular flexibility index (Phi) is 27.4. The van der Waals surface area contributed by atoms with Gasteiger partial charge in [-0.25, -0.2) is 8.42 Å². The Balaban J connectivity index is -0.0000000649. The van der Waals surface area contributed by atoms with E-state index in [0.717, 1.165) is 6.26 Å². The van der Waals surface area contributed by atoms with Gasteiger partial charge in [-0.15, -0.1) is 3.89 Å². The first-order valence-corrected chi connectivity index (χ1v) is 26.0. The SMILES string of the molecule is CS(=O)(=O)F.C[Si](C)(C)F.C[Si](C)(C)[N-]S(C)(=O)=O.C[Si](C)(C)[N-][Si](C)(C)C.[Na+].[Na+]. The number of nitrogens with zero attached hydrogens (tertiary/aromatic N) is 2. The van der Waals surface area contributed by atoms with Crippen molar-refractivity contribution in [3.8, 4) is 0 Å². The molecule has 0 rings (SSSR count). The van der Waals surface area contributed by atoms with Crippen LogP contribution in [0.25, 0.3) is 9.04 Å². The number of hydrogen-bond acceptors (Lipinski definition) is 4. The second-order valence-electron chi connectivity index (χ2n) is 10.2. The summed E-state index contributed by atoms with van der Waals surface area (Å²) in [6, 6.07) is 0. The topological polar surface area (TPSA) is 96.5 Å². The quantitative estimate of drug-likeness (QED) is 0.272. The van der Waals surface area contributed by atoms with Crippen molar-refractivity contribution < 1.29 is 83.9 Å². The van der Waals surface area contributed by atoms with Gasteiger partial charge in [0.15, 0.2) is 0 Å². The minimum Gasteiger partial charge on any atom is -0.668 e. The first-order valence-electron chi connectivity index (χ1n) is 8.68. The standard InChI is InChI=1S/C6H18NSi2.C4H12NO2SSi.C3H9FSi.CH3FO2S.2Na/c1-8(2,3)7-9(4,5)6;1-8(6,7)5-9(2,3)4;2*1-5(2,3)4;;/h1-6H3;1-4H3;1-3H3;1H3;;/q2*-1;;;2*+1. The second kappa shape index (κ2) is 17.9. The van der Waals surface area contributed by atoms with Gasteiger partial charge in [0.2, 0.25) is 8.41 Å². The van der Waals surface area contributed by atoms with Gasteiger partial charge in [-0.2, -0.15) is 8.42 Å². The monoisotopic (exact) mass is 562 g/mol. The summed E-state index contributed by atoms with van der Waals surface area (Å²) in [4.78, 5) is 0. The molecule has 0 N–H and O–H groups in total. The average Bonchev–Trinajstić information content (AvgIpc) is 1.95. The van der Waals surface area contributed by atoms with Crippen LogP contribution < -0.4 is 59.1 Å². The molecule has 0 unspecified atom stereocenters. The minimum atomic E-state index is -4.17. The van der Waals surface area contributed by atoms with Crippen LogP contribution in [0.1, 0.15) is 0 Å². The zero-order valence-corrected chi connectivity index (χ0v) is 31.7. The van der Waals surface area contributed by atoms with Gasteiger partial charge in [-0.3, -0.25) is 0 Å². The summed E-state index contributed by atoms with van der Waals surface area (Å²) >= 11 is 0. The van der Waals surface area contributed by atoms with Crippen molar-refractivity contribution in [1.82, 2.24) is 0 Å². The third kappa shape index (κ3) is 126. The predicted molar refractivity (Wildman–Crippen MR) is 132 cm³/mol. The van der Waals surface area contributed by atoms with Gasteiger partial charge < -0.3 is 13.1 Å². The van der Waals surface area contributed by atoms with Gasteiger partial charge in [-0.05, 0) is 19.6 Å². The summed E-state index contributed by atoms with van der Waals surface area (Å²) in [6.45, 7) is 24.4. The number of hydrogen-bond donors (Lipinski definition) is 0. The molecule has 16 heteroatoms. The van der Waals surface area contributed by atoms with Crippen molar-refractivity contribution in [3.05, 3.63) is 9.04 Å². The molecule has 0 aromatic heterocycles. The zero-order chi connectivity index (χ0) is 24.4. The Morgan fingerprint density at radius 3 is 0.767 bits per heavy atom. The molecule has 0 atom stereocenters. The van der Waals surface area contributed by atoms with Crippen LogP contribution in [0, 0.1) is 0 Å². The first-order chi connectivity index (χ1) is 11.4. The van der Waals surface area contributed by atoms with E-state index in [4.69, 9.17) is 13.1 Å². The van der Waals surface area contributed by atoms with Crippen LogP contribution in [0.15, 0.2) is 0 Å². The van der Waals surface area contributed by atoms with Crippen molar-refractivity contribution >= 4 is 53.4 Å². The molecule has 0 aliphatic carbocycles. The van der Waals surface area contributed by atoms with E-state index in [1.807, 2.05) is 19.6 Å². The molecular weight excluding hydrogens is 521 g/mol. The van der Waals surface area contributed by atoms with Gasteiger partial charge in [0.05, 0.1) is 16.3 Å². The van der Waals surface area contributed by atoms with Gasteiger partial charge >= 0.3 is 59.1 Å². The summed E-state index contributed by atoms with van der Waals surface area (Å²) in [5.74, 6) is 0. The Bertz CT molecular complexity index is 604. The second-order valence-corrected chi connectivity index (χ2v) is 31.8. The van der Waals surface area contributed by atoms with E-state index < -0.39 is 53.4 Å². The number of sulfonamides is 1. The van der Waals surface area contributed by atoms with Crippen molar-refractivity contribution in [2.75, 3.05) is 12.5 Å². The largest absolute Gasteiger partial charge is 1.00 e. The van der Waals surface area contributed by atoms with Gasteiger partial charge in [0.25, 0.3) is 10.2 Å². The van der Waals surface area contributed by atoms with E-state index in [-0.39, 0.29) is 59.1 Å². The molecule has 0 saturated heterocycles. The first kappa shape index (κ1) is 46.0. The summed E-state index contributed by atoms with van der Waals surface area (Å²) in [5.41, 5.74) is 0. The third-order valence-electron chi connectivity index (χ3n) is 1.11. The smallest absolute Gasteiger partial charge is 0.668 e. The molecule has 0 aliphatic rings. The molecule has 0 spiro atoms. The van der Waals surface area contributed by atoms with Gasteiger partial charge in [0.1, 0.15) is 0 Å². The van der Waals surface area contributed by atoms with Crippen molar-refractivity contribution in [1.29, 1.82) is 0 Å². The van der Waals surface area contributed by atoms with Crippen LogP contribution >= 0.6 is 0 Å². The molecule has 176 valence electrons. The van der Waals surface area contributed by atoms with Gasteiger partial charge in [0, 0.05) is 6.26 Å². The van der Waals surface area contributed by atoms with Crippen molar-refractivity contribution in [2.45, 2.75) is 78.6 Å². The number of halogens is 2. The van der Waals surface area contributed by atoms with Crippen LogP contribution in [0.2, 0.25) is 78.6 Å². The molecular formula is C14H42F2N2Na2O4S2Si4. The van der Waals surface area contributed by atoms with E-state index in [2.05, 4.69) is 43.7 Å². The molecule has 30 heavy (non-hydrogen) atoms. The Morgan fingerprint density at radius 2 is 0.767 bits per heavy atom. The Hall–Kier alpha value is 2.55. The minimum absolute atomic E-state index is 0. The maximum atomic E-state index is 11.8. The summed E-state index contributed by atoms with van der Waals surface area (Å²) in [5, 5.41) is 0. The van der Waals surface area contributed by atoms with Crippen LogP contribution in [0.3, 0.4) is 0 Å². The summed E-state index contributed by atoms with van der Waals surface area (Å²) in [7, 11) is -13.3. The molecule has 0 aromatic rings. The molecule has 0 aromatic carbocycles. The molecule has 0 bridgehead atoms. The van der Waals surface area contributed by atoms with Gasteiger partial charge in [-0.1, -0.05) is 83.6 Å². The van der Waals surface area contributed by atoms with E-state index in [0.29, 0.717) is 6.26 Å². The summed E-state index contributed by atoms with van der Waals surface area (Å²) in [6.07, 6.45) is 1.62. The zero-order valence-electron chi connectivity index (χ0n) is 22.1. The Morgan fingerprint density at radius 1 is 0.600 bits per heavy atom. The predicted octanol–water partition coefficient (Wildman–Crippen LogP) is -0.101. The molecule has 6 nitrogen and oxygen atoms in total. The fourth-order valence-corrected chi connectivity index (χ4v) is 13.5. The van der Waals surface area contributed by atoms with Crippen LogP contribution in [0.5, 0.6) is 0 Å². The maximum Gasteiger partial charge on any atom is 1.00 e. The van der Waals surface area contributed by atoms with Crippen LogP contribution in [-0.4, -0.2) is 62.5 Å². The van der Waals surface area contributed by atoms with E-state index in [9.17, 15) is 16.4 Å².